The monoisotopic (exact) mass is 282 g/mol. The van der Waals surface area contributed by atoms with Crippen LogP contribution < -0.4 is 0 Å². The van der Waals surface area contributed by atoms with E-state index in [-0.39, 0.29) is 11.3 Å². The van der Waals surface area contributed by atoms with Crippen LogP contribution in [0.15, 0.2) is 42.5 Å². The van der Waals surface area contributed by atoms with Gasteiger partial charge in [-0.05, 0) is 12.8 Å². The van der Waals surface area contributed by atoms with E-state index in [1.54, 1.807) is 30.3 Å². The van der Waals surface area contributed by atoms with Crippen molar-refractivity contribution < 1.29 is 14.7 Å². The molecule has 0 saturated heterocycles. The van der Waals surface area contributed by atoms with Crippen molar-refractivity contribution in [3.05, 3.63) is 53.6 Å². The second kappa shape index (κ2) is 4.99. The topological polar surface area (TPSA) is 54.4 Å². The SMILES string of the molecule is C=CC1(C2=C(O)c3ccccc3C(=O)C2=O)CCCCC1. The average Bonchev–Trinajstić information content (AvgIpc) is 2.54. The fraction of sp³-hybridized carbons (Fsp3) is 0.333. The van der Waals surface area contributed by atoms with E-state index in [9.17, 15) is 14.7 Å². The summed E-state index contributed by atoms with van der Waals surface area (Å²) in [6.07, 6.45) is 6.34. The van der Waals surface area contributed by atoms with Crippen LogP contribution in [0.4, 0.5) is 0 Å². The molecular formula is C18H18O3. The first-order chi connectivity index (χ1) is 10.1. The molecule has 3 heteroatoms. The van der Waals surface area contributed by atoms with Gasteiger partial charge in [-0.15, -0.1) is 6.58 Å². The van der Waals surface area contributed by atoms with Gasteiger partial charge < -0.3 is 5.11 Å². The molecule has 0 radical (unpaired) electrons. The van der Waals surface area contributed by atoms with Crippen molar-refractivity contribution in [1.82, 2.24) is 0 Å². The van der Waals surface area contributed by atoms with Gasteiger partial charge in [0.1, 0.15) is 5.76 Å². The predicted molar refractivity (Wildman–Crippen MR) is 81.0 cm³/mol. The van der Waals surface area contributed by atoms with Crippen LogP contribution >= 0.6 is 0 Å². The fourth-order valence-electron chi connectivity index (χ4n) is 3.57. The zero-order valence-corrected chi connectivity index (χ0v) is 11.9. The number of aliphatic hydroxyl groups excluding tert-OH is 1. The quantitative estimate of drug-likeness (QED) is 0.662. The Bertz CT molecular complexity index is 661. The Morgan fingerprint density at radius 2 is 1.62 bits per heavy atom. The Balaban J connectivity index is 2.23. The summed E-state index contributed by atoms with van der Waals surface area (Å²) in [6.45, 7) is 3.87. The number of allylic oxidation sites excluding steroid dienone is 2. The number of benzene rings is 1. The summed E-state index contributed by atoms with van der Waals surface area (Å²) in [5, 5.41) is 10.6. The Hall–Kier alpha value is -2.16. The standard InChI is InChI=1S/C18H18O3/c1-2-18(10-6-3-7-11-18)14-15(19)12-8-4-5-9-13(12)16(20)17(14)21/h2,4-5,8-9,19H,1,3,6-7,10-11H2. The molecule has 2 aliphatic carbocycles. The number of hydrogen-bond acceptors (Lipinski definition) is 3. The number of Topliss-reactive ketones (excluding diaryl/α,β-unsaturated/α-hetero) is 2. The third kappa shape index (κ3) is 1.96. The van der Waals surface area contributed by atoms with Gasteiger partial charge in [-0.3, -0.25) is 9.59 Å². The highest BCUT2D eigenvalue weighted by atomic mass is 16.3. The number of aliphatic hydroxyl groups is 1. The van der Waals surface area contributed by atoms with Crippen LogP contribution in [0, 0.1) is 5.41 Å². The van der Waals surface area contributed by atoms with Crippen LogP contribution in [0.5, 0.6) is 0 Å². The highest BCUT2D eigenvalue weighted by molar-refractivity contribution is 6.52. The maximum absolute atomic E-state index is 12.5. The molecule has 0 spiro atoms. The van der Waals surface area contributed by atoms with E-state index in [2.05, 4.69) is 6.58 Å². The maximum Gasteiger partial charge on any atom is 0.234 e. The molecule has 0 aromatic heterocycles. The molecule has 1 aromatic rings. The summed E-state index contributed by atoms with van der Waals surface area (Å²) in [7, 11) is 0. The van der Waals surface area contributed by atoms with Crippen molar-refractivity contribution in [2.45, 2.75) is 32.1 Å². The summed E-state index contributed by atoms with van der Waals surface area (Å²) >= 11 is 0. The average molecular weight is 282 g/mol. The van der Waals surface area contributed by atoms with E-state index in [0.717, 1.165) is 32.1 Å². The lowest BCUT2D eigenvalue weighted by Gasteiger charge is -2.37. The molecule has 1 N–H and O–H groups in total. The van der Waals surface area contributed by atoms with E-state index in [1.165, 1.54) is 0 Å². The molecule has 0 unspecified atom stereocenters. The van der Waals surface area contributed by atoms with Crippen LogP contribution in [0.3, 0.4) is 0 Å². The molecule has 21 heavy (non-hydrogen) atoms. The van der Waals surface area contributed by atoms with E-state index < -0.39 is 17.0 Å². The second-order valence-electron chi connectivity index (χ2n) is 5.85. The first kappa shape index (κ1) is 13.8. The van der Waals surface area contributed by atoms with Crippen LogP contribution in [0.1, 0.15) is 48.0 Å². The zero-order valence-electron chi connectivity index (χ0n) is 11.9. The van der Waals surface area contributed by atoms with Gasteiger partial charge in [-0.2, -0.15) is 0 Å². The van der Waals surface area contributed by atoms with Gasteiger partial charge in [0.15, 0.2) is 0 Å². The third-order valence-electron chi connectivity index (χ3n) is 4.73. The fourth-order valence-corrected chi connectivity index (χ4v) is 3.57. The van der Waals surface area contributed by atoms with Crippen LogP contribution in [0.25, 0.3) is 5.76 Å². The van der Waals surface area contributed by atoms with Gasteiger partial charge in [-0.25, -0.2) is 0 Å². The first-order valence-corrected chi connectivity index (χ1v) is 7.36. The lowest BCUT2D eigenvalue weighted by atomic mass is 9.65. The van der Waals surface area contributed by atoms with Crippen molar-refractivity contribution in [3.8, 4) is 0 Å². The van der Waals surface area contributed by atoms with E-state index in [0.29, 0.717) is 11.1 Å². The normalized spacial score (nSPS) is 21.1. The van der Waals surface area contributed by atoms with Gasteiger partial charge in [0.25, 0.3) is 0 Å². The van der Waals surface area contributed by atoms with Crippen LogP contribution in [-0.2, 0) is 4.79 Å². The minimum Gasteiger partial charge on any atom is -0.507 e. The molecule has 0 heterocycles. The number of carbonyl (C=O) groups excluding carboxylic acids is 2. The molecule has 1 aromatic carbocycles. The molecule has 0 aliphatic heterocycles. The van der Waals surface area contributed by atoms with E-state index in [4.69, 9.17) is 0 Å². The van der Waals surface area contributed by atoms with Gasteiger partial charge in [0, 0.05) is 16.5 Å². The third-order valence-corrected chi connectivity index (χ3v) is 4.73. The summed E-state index contributed by atoms with van der Waals surface area (Å²) in [6, 6.07) is 6.74. The molecule has 0 atom stereocenters. The molecule has 2 aliphatic rings. The minimum absolute atomic E-state index is 0.0444. The summed E-state index contributed by atoms with van der Waals surface area (Å²) in [5.41, 5.74) is 0.436. The van der Waals surface area contributed by atoms with Gasteiger partial charge in [0.05, 0.1) is 5.57 Å². The number of fused-ring (bicyclic) bond motifs is 1. The van der Waals surface area contributed by atoms with Gasteiger partial charge >= 0.3 is 0 Å². The molecule has 3 nitrogen and oxygen atoms in total. The predicted octanol–water partition coefficient (Wildman–Crippen LogP) is 3.86. The van der Waals surface area contributed by atoms with Crippen LogP contribution in [-0.4, -0.2) is 16.7 Å². The summed E-state index contributed by atoms with van der Waals surface area (Å²) in [4.78, 5) is 24.9. The molecule has 108 valence electrons. The zero-order chi connectivity index (χ0) is 15.0. The molecule has 0 amide bonds. The highest BCUT2D eigenvalue weighted by Gasteiger charge is 2.44. The molecule has 3 rings (SSSR count). The molecule has 1 fully saturated rings. The number of carbonyl (C=O) groups is 2. The highest BCUT2D eigenvalue weighted by Crippen LogP contribution is 2.48. The van der Waals surface area contributed by atoms with Crippen LogP contribution in [0.2, 0.25) is 0 Å². The number of ketones is 2. The van der Waals surface area contributed by atoms with E-state index >= 15 is 0 Å². The first-order valence-electron chi connectivity index (χ1n) is 7.36. The summed E-state index contributed by atoms with van der Waals surface area (Å²) in [5.74, 6) is -1.14. The molecular weight excluding hydrogens is 264 g/mol. The smallest absolute Gasteiger partial charge is 0.234 e. The molecule has 1 saturated carbocycles. The van der Waals surface area contributed by atoms with E-state index in [1.807, 2.05) is 0 Å². The van der Waals surface area contributed by atoms with Crippen molar-refractivity contribution in [1.29, 1.82) is 0 Å². The minimum atomic E-state index is -0.576. The van der Waals surface area contributed by atoms with Crippen molar-refractivity contribution in [3.63, 3.8) is 0 Å². The second-order valence-corrected chi connectivity index (χ2v) is 5.85. The Labute approximate surface area is 124 Å². The lowest BCUT2D eigenvalue weighted by Crippen LogP contribution is -2.35. The largest absolute Gasteiger partial charge is 0.507 e. The molecule has 0 bridgehead atoms. The number of hydrogen-bond donors (Lipinski definition) is 1. The number of rotatable bonds is 2. The Morgan fingerprint density at radius 1 is 1.00 bits per heavy atom. The van der Waals surface area contributed by atoms with Crippen molar-refractivity contribution in [2.24, 2.45) is 5.41 Å². The van der Waals surface area contributed by atoms with Gasteiger partial charge in [0.2, 0.25) is 11.6 Å². The van der Waals surface area contributed by atoms with Crippen molar-refractivity contribution in [2.75, 3.05) is 0 Å². The maximum atomic E-state index is 12.5. The Morgan fingerprint density at radius 3 is 2.24 bits per heavy atom. The Kier molecular flexibility index (Phi) is 3.28. The lowest BCUT2D eigenvalue weighted by molar-refractivity contribution is -0.113. The summed E-state index contributed by atoms with van der Waals surface area (Å²) < 4.78 is 0. The van der Waals surface area contributed by atoms with Gasteiger partial charge in [-0.1, -0.05) is 49.6 Å². The van der Waals surface area contributed by atoms with Crippen molar-refractivity contribution >= 4 is 17.3 Å².